The first-order chi connectivity index (χ1) is 23.9. The molecular formula is C39H47Cl2IN2O6Si. The molecule has 51 heavy (non-hydrogen) atoms. The van der Waals surface area contributed by atoms with Crippen molar-refractivity contribution in [3.8, 4) is 16.9 Å². The Morgan fingerprint density at radius 3 is 2.43 bits per heavy atom. The predicted molar refractivity (Wildman–Crippen MR) is 217 cm³/mol. The number of anilines is 1. The van der Waals surface area contributed by atoms with E-state index in [-0.39, 0.29) is 37.8 Å². The van der Waals surface area contributed by atoms with E-state index in [1.807, 2.05) is 42.5 Å². The number of halogens is 3. The van der Waals surface area contributed by atoms with Gasteiger partial charge in [-0.05, 0) is 109 Å². The maximum absolute atomic E-state index is 14.4. The summed E-state index contributed by atoms with van der Waals surface area (Å²) < 4.78 is 17.6. The van der Waals surface area contributed by atoms with Crippen molar-refractivity contribution in [2.75, 3.05) is 32.2 Å². The fourth-order valence-corrected chi connectivity index (χ4v) is 8.20. The van der Waals surface area contributed by atoms with Crippen molar-refractivity contribution in [3.63, 3.8) is 0 Å². The average Bonchev–Trinajstić information content (AvgIpc) is 3.30. The van der Waals surface area contributed by atoms with Crippen LogP contribution in [-0.2, 0) is 29.3 Å². The number of carbonyl (C=O) groups is 3. The molecule has 2 aliphatic rings. The summed E-state index contributed by atoms with van der Waals surface area (Å²) in [6.07, 6.45) is 1.86. The van der Waals surface area contributed by atoms with Crippen LogP contribution < -0.4 is 10.1 Å². The zero-order valence-corrected chi connectivity index (χ0v) is 35.0. The van der Waals surface area contributed by atoms with Gasteiger partial charge in [0.2, 0.25) is 11.8 Å². The number of nitrogens with zero attached hydrogens (tertiary/aromatic N) is 1. The van der Waals surface area contributed by atoms with E-state index < -0.39 is 31.1 Å². The number of ether oxygens (including phenoxy) is 3. The molecule has 0 radical (unpaired) electrons. The third kappa shape index (κ3) is 9.95. The van der Waals surface area contributed by atoms with Gasteiger partial charge in [-0.15, -0.1) is 0 Å². The quantitative estimate of drug-likeness (QED) is 0.0945. The van der Waals surface area contributed by atoms with Crippen LogP contribution in [0.2, 0.25) is 35.7 Å². The number of methoxy groups -OCH3 is 1. The van der Waals surface area contributed by atoms with Crippen LogP contribution in [0.3, 0.4) is 0 Å². The summed E-state index contributed by atoms with van der Waals surface area (Å²) in [5, 5.41) is 4.02. The first kappa shape index (κ1) is 40.9. The van der Waals surface area contributed by atoms with Crippen molar-refractivity contribution in [2.45, 2.75) is 76.4 Å². The zero-order valence-electron chi connectivity index (χ0n) is 30.3. The number of esters is 1. The SMILES string of the molecule is C=CCOc1ccc(I)cc1[C@H]1N(CC(=O)OC(C)(C)C)C(=O)CC[C@]12C(=O)Nc1cc(Cl)cc(-c3cccc(Cl)c3)c12.COCC[Si](C)(C)C. The Kier molecular flexibility index (Phi) is 13.5. The van der Waals surface area contributed by atoms with E-state index in [1.165, 1.54) is 10.9 Å². The minimum Gasteiger partial charge on any atom is -0.489 e. The third-order valence-corrected chi connectivity index (χ3v) is 11.4. The fourth-order valence-electron chi connectivity index (χ4n) is 6.46. The molecule has 3 aromatic carbocycles. The highest BCUT2D eigenvalue weighted by molar-refractivity contribution is 14.1. The first-order valence-electron chi connectivity index (χ1n) is 16.8. The lowest BCUT2D eigenvalue weighted by Crippen LogP contribution is -2.56. The molecule has 274 valence electrons. The second kappa shape index (κ2) is 16.8. The highest BCUT2D eigenvalue weighted by atomic mass is 127. The summed E-state index contributed by atoms with van der Waals surface area (Å²) in [5.74, 6) is -0.664. The minimum absolute atomic E-state index is 0.0382. The van der Waals surface area contributed by atoms with Crippen molar-refractivity contribution in [3.05, 3.63) is 92.0 Å². The second-order valence-electron chi connectivity index (χ2n) is 14.9. The Balaban J connectivity index is 0.000000652. The Morgan fingerprint density at radius 1 is 1.10 bits per heavy atom. The molecule has 2 heterocycles. The monoisotopic (exact) mass is 864 g/mol. The van der Waals surface area contributed by atoms with E-state index >= 15 is 0 Å². The van der Waals surface area contributed by atoms with E-state index in [9.17, 15) is 14.4 Å². The van der Waals surface area contributed by atoms with Gasteiger partial charge in [-0.2, -0.15) is 0 Å². The molecule has 3 aromatic rings. The molecule has 2 amide bonds. The predicted octanol–water partition coefficient (Wildman–Crippen LogP) is 9.70. The number of rotatable bonds is 10. The van der Waals surface area contributed by atoms with Crippen LogP contribution in [0.4, 0.5) is 5.69 Å². The highest BCUT2D eigenvalue weighted by Gasteiger charge is 2.60. The van der Waals surface area contributed by atoms with E-state index in [4.69, 9.17) is 37.4 Å². The molecule has 1 N–H and O–H groups in total. The number of piperidine rings is 1. The number of hydrogen-bond donors (Lipinski definition) is 1. The van der Waals surface area contributed by atoms with E-state index in [0.717, 1.165) is 15.7 Å². The van der Waals surface area contributed by atoms with Crippen LogP contribution in [0.1, 0.15) is 50.8 Å². The molecule has 8 nitrogen and oxygen atoms in total. The van der Waals surface area contributed by atoms with Crippen molar-refractivity contribution in [1.29, 1.82) is 0 Å². The van der Waals surface area contributed by atoms with Gasteiger partial charge in [0, 0.05) is 58.6 Å². The van der Waals surface area contributed by atoms with Gasteiger partial charge >= 0.3 is 5.97 Å². The summed E-state index contributed by atoms with van der Waals surface area (Å²) >= 11 is 15.2. The molecule has 2 atom stereocenters. The van der Waals surface area contributed by atoms with Gasteiger partial charge in [0.1, 0.15) is 29.9 Å². The van der Waals surface area contributed by atoms with Gasteiger partial charge in [-0.3, -0.25) is 14.4 Å². The molecule has 0 aliphatic carbocycles. The number of carbonyl (C=O) groups excluding carboxylic acids is 3. The standard InChI is InChI=1S/C33H31Cl2IN2O5.C6H16OSi/c1-5-13-42-26-10-9-22(36)17-24(26)30-33(12-11-27(39)38(30)18-28(40)43-32(2,3)4)29-23(19-7-6-8-20(34)14-19)15-21(35)16-25(29)37-31(33)41;1-7-5-6-8(2,3)4/h5-10,14-17,30H,1,11-13,18H2,2-4H3,(H,37,41);5-6H2,1-4H3/t30-,33-;/m1./s1. The van der Waals surface area contributed by atoms with E-state index in [2.05, 4.69) is 54.1 Å². The van der Waals surface area contributed by atoms with Gasteiger partial charge in [0.05, 0.1) is 6.04 Å². The van der Waals surface area contributed by atoms with Crippen LogP contribution in [0.25, 0.3) is 11.1 Å². The fraction of sp³-hybridized carbons (Fsp3) is 0.410. The lowest BCUT2D eigenvalue weighted by atomic mass is 9.65. The van der Waals surface area contributed by atoms with Crippen molar-refractivity contribution in [2.24, 2.45) is 0 Å². The molecule has 1 fully saturated rings. The Hall–Kier alpha value is -2.90. The van der Waals surface area contributed by atoms with Gasteiger partial charge < -0.3 is 24.4 Å². The maximum atomic E-state index is 14.4. The Bertz CT molecular complexity index is 1790. The van der Waals surface area contributed by atoms with Crippen LogP contribution in [0, 0.1) is 3.57 Å². The number of hydrogen-bond acceptors (Lipinski definition) is 6. The minimum atomic E-state index is -1.30. The van der Waals surface area contributed by atoms with Gasteiger partial charge in [0.15, 0.2) is 0 Å². The smallest absolute Gasteiger partial charge is 0.326 e. The van der Waals surface area contributed by atoms with Crippen LogP contribution in [-0.4, -0.2) is 63.2 Å². The molecule has 2 aliphatic heterocycles. The van der Waals surface area contributed by atoms with Crippen molar-refractivity contribution >= 4 is 77.3 Å². The molecule has 1 saturated heterocycles. The molecule has 12 heteroatoms. The molecule has 5 rings (SSSR count). The lowest BCUT2D eigenvalue weighted by molar-refractivity contribution is -0.163. The number of likely N-dealkylation sites (tertiary alicyclic amines) is 1. The third-order valence-electron chi connectivity index (χ3n) is 8.57. The van der Waals surface area contributed by atoms with Gasteiger partial charge in [-0.25, -0.2) is 0 Å². The number of fused-ring (bicyclic) bond motifs is 2. The normalized spacial score (nSPS) is 18.5. The average molecular weight is 866 g/mol. The van der Waals surface area contributed by atoms with Crippen LogP contribution >= 0.6 is 45.8 Å². The lowest BCUT2D eigenvalue weighted by Gasteiger charge is -2.47. The molecule has 0 saturated carbocycles. The highest BCUT2D eigenvalue weighted by Crippen LogP contribution is 2.58. The topological polar surface area (TPSA) is 94.2 Å². The summed E-state index contributed by atoms with van der Waals surface area (Å²) in [7, 11) is 0.961. The summed E-state index contributed by atoms with van der Waals surface area (Å²) in [6.45, 7) is 16.9. The van der Waals surface area contributed by atoms with Crippen LogP contribution in [0.15, 0.2) is 67.3 Å². The first-order valence-corrected chi connectivity index (χ1v) is 22.4. The molecule has 1 spiro atoms. The number of amides is 2. The summed E-state index contributed by atoms with van der Waals surface area (Å²) in [4.78, 5) is 43.0. The van der Waals surface area contributed by atoms with Gasteiger partial charge in [0.25, 0.3) is 0 Å². The van der Waals surface area contributed by atoms with Crippen molar-refractivity contribution in [1.82, 2.24) is 4.90 Å². The maximum Gasteiger partial charge on any atom is 0.326 e. The largest absolute Gasteiger partial charge is 0.489 e. The van der Waals surface area contributed by atoms with E-state index in [0.29, 0.717) is 38.2 Å². The molecular weight excluding hydrogens is 818 g/mol. The Morgan fingerprint density at radius 2 is 1.82 bits per heavy atom. The summed E-state index contributed by atoms with van der Waals surface area (Å²) in [6, 6.07) is 16.8. The van der Waals surface area contributed by atoms with Gasteiger partial charge in [-0.1, -0.05) is 67.6 Å². The molecule has 0 unspecified atom stereocenters. The second-order valence-corrected chi connectivity index (χ2v) is 22.6. The van der Waals surface area contributed by atoms with Crippen LogP contribution in [0.5, 0.6) is 5.75 Å². The zero-order chi connectivity index (χ0) is 37.7. The molecule has 0 bridgehead atoms. The number of benzene rings is 3. The molecule has 0 aromatic heterocycles. The van der Waals surface area contributed by atoms with E-state index in [1.54, 1.807) is 46.1 Å². The number of nitrogens with one attached hydrogen (secondary N) is 1. The Labute approximate surface area is 326 Å². The summed E-state index contributed by atoms with van der Waals surface area (Å²) in [5.41, 5.74) is 1.23. The van der Waals surface area contributed by atoms with Crippen molar-refractivity contribution < 1.29 is 28.6 Å².